The van der Waals surface area contributed by atoms with E-state index in [-0.39, 0.29) is 5.56 Å². The van der Waals surface area contributed by atoms with Gasteiger partial charge in [-0.15, -0.1) is 10.2 Å². The molecule has 6 nitrogen and oxygen atoms in total. The van der Waals surface area contributed by atoms with Crippen molar-refractivity contribution >= 4 is 23.1 Å². The minimum absolute atomic E-state index is 0.170. The molecule has 4 aromatic rings. The van der Waals surface area contributed by atoms with Crippen molar-refractivity contribution in [2.24, 2.45) is 10.2 Å². The number of hydrogen-bond acceptors (Lipinski definition) is 4. The van der Waals surface area contributed by atoms with Gasteiger partial charge in [-0.25, -0.2) is 9.78 Å². The van der Waals surface area contributed by atoms with Crippen LogP contribution < -0.4 is 0 Å². The summed E-state index contributed by atoms with van der Waals surface area (Å²) in [5, 5.41) is 17.8. The van der Waals surface area contributed by atoms with E-state index in [0.717, 1.165) is 22.5 Å². The van der Waals surface area contributed by atoms with E-state index in [9.17, 15) is 4.79 Å². The lowest BCUT2D eigenvalue weighted by atomic mass is 10.1. The predicted molar refractivity (Wildman–Crippen MR) is 103 cm³/mol. The molecule has 6 heteroatoms. The Labute approximate surface area is 155 Å². The number of aryl methyl sites for hydroxylation is 1. The van der Waals surface area contributed by atoms with Crippen LogP contribution in [0.2, 0.25) is 0 Å². The van der Waals surface area contributed by atoms with E-state index in [1.165, 1.54) is 12.1 Å². The van der Waals surface area contributed by atoms with Crippen molar-refractivity contribution in [2.75, 3.05) is 0 Å². The second kappa shape index (κ2) is 6.84. The van der Waals surface area contributed by atoms with Gasteiger partial charge < -0.3 is 5.11 Å². The van der Waals surface area contributed by atoms with Crippen molar-refractivity contribution in [1.29, 1.82) is 0 Å². The van der Waals surface area contributed by atoms with Crippen LogP contribution in [-0.2, 0) is 0 Å². The van der Waals surface area contributed by atoms with E-state index in [1.807, 2.05) is 60.0 Å². The van der Waals surface area contributed by atoms with Crippen molar-refractivity contribution in [2.45, 2.75) is 6.92 Å². The lowest BCUT2D eigenvalue weighted by molar-refractivity contribution is 0.0697. The Balaban J connectivity index is 1.86. The summed E-state index contributed by atoms with van der Waals surface area (Å²) < 4.78 is 1.89. The third-order valence-electron chi connectivity index (χ3n) is 4.22. The molecule has 0 amide bonds. The van der Waals surface area contributed by atoms with Gasteiger partial charge in [0.2, 0.25) is 0 Å². The minimum Gasteiger partial charge on any atom is -0.478 e. The molecule has 0 atom stereocenters. The van der Waals surface area contributed by atoms with Crippen LogP contribution in [0.25, 0.3) is 16.9 Å². The Morgan fingerprint density at radius 3 is 2.59 bits per heavy atom. The number of fused-ring (bicyclic) bond motifs is 1. The third kappa shape index (κ3) is 3.20. The van der Waals surface area contributed by atoms with E-state index < -0.39 is 5.97 Å². The van der Waals surface area contributed by atoms with E-state index >= 15 is 0 Å². The van der Waals surface area contributed by atoms with Gasteiger partial charge in [0.15, 0.2) is 5.82 Å². The average molecular weight is 356 g/mol. The fourth-order valence-corrected chi connectivity index (χ4v) is 2.88. The number of carboxylic acids is 1. The molecule has 0 spiro atoms. The van der Waals surface area contributed by atoms with Gasteiger partial charge in [-0.3, -0.25) is 4.40 Å². The SMILES string of the molecule is Cc1cccn2c(N=Nc3cccc(C(=O)O)c3)c(-c3ccccc3)nc12. The topological polar surface area (TPSA) is 79.3 Å². The first kappa shape index (κ1) is 16.7. The van der Waals surface area contributed by atoms with E-state index in [2.05, 4.69) is 10.2 Å². The first-order valence-electron chi connectivity index (χ1n) is 8.41. The smallest absolute Gasteiger partial charge is 0.335 e. The number of aromatic nitrogens is 2. The fraction of sp³-hybridized carbons (Fsp3) is 0.0476. The van der Waals surface area contributed by atoms with Crippen molar-refractivity contribution in [3.05, 3.63) is 84.1 Å². The van der Waals surface area contributed by atoms with Crippen LogP contribution >= 0.6 is 0 Å². The minimum atomic E-state index is -0.998. The highest BCUT2D eigenvalue weighted by molar-refractivity contribution is 5.88. The molecule has 0 fully saturated rings. The number of hydrogen-bond donors (Lipinski definition) is 1. The summed E-state index contributed by atoms with van der Waals surface area (Å²) in [4.78, 5) is 15.9. The number of pyridine rings is 1. The average Bonchev–Trinajstić information content (AvgIpc) is 3.07. The number of aromatic carboxylic acids is 1. The first-order chi connectivity index (χ1) is 13.1. The molecule has 2 heterocycles. The van der Waals surface area contributed by atoms with E-state index in [1.54, 1.807) is 12.1 Å². The van der Waals surface area contributed by atoms with Crippen molar-refractivity contribution in [3.8, 4) is 11.3 Å². The standard InChI is InChI=1S/C21H16N4O2/c1-14-7-6-12-25-19(14)22-18(15-8-3-2-4-9-15)20(25)24-23-17-11-5-10-16(13-17)21(26)27/h2-13H,1H3,(H,26,27). The number of carbonyl (C=O) groups is 1. The Kier molecular flexibility index (Phi) is 4.22. The van der Waals surface area contributed by atoms with Gasteiger partial charge in [0, 0.05) is 11.8 Å². The summed E-state index contributed by atoms with van der Waals surface area (Å²) in [6, 6.07) is 20.1. The number of imidazole rings is 1. The highest BCUT2D eigenvalue weighted by Gasteiger charge is 2.15. The second-order valence-corrected chi connectivity index (χ2v) is 6.09. The third-order valence-corrected chi connectivity index (χ3v) is 4.22. The van der Waals surface area contributed by atoms with Gasteiger partial charge in [0.25, 0.3) is 0 Å². The maximum absolute atomic E-state index is 11.2. The summed E-state index contributed by atoms with van der Waals surface area (Å²) in [5.74, 6) is -0.400. The molecule has 0 radical (unpaired) electrons. The number of benzene rings is 2. The summed E-state index contributed by atoms with van der Waals surface area (Å²) in [5.41, 5.74) is 4.14. The van der Waals surface area contributed by atoms with Gasteiger partial charge in [0.1, 0.15) is 11.3 Å². The van der Waals surface area contributed by atoms with E-state index in [4.69, 9.17) is 10.1 Å². The molecule has 132 valence electrons. The summed E-state index contributed by atoms with van der Waals surface area (Å²) >= 11 is 0. The van der Waals surface area contributed by atoms with E-state index in [0.29, 0.717) is 11.5 Å². The Morgan fingerprint density at radius 2 is 1.81 bits per heavy atom. The molecular weight excluding hydrogens is 340 g/mol. The molecule has 0 aliphatic carbocycles. The first-order valence-corrected chi connectivity index (χ1v) is 8.41. The summed E-state index contributed by atoms with van der Waals surface area (Å²) in [6.45, 7) is 1.99. The van der Waals surface area contributed by atoms with Gasteiger partial charge in [-0.1, -0.05) is 42.5 Å². The molecule has 4 rings (SSSR count). The number of nitrogens with zero attached hydrogens (tertiary/aromatic N) is 4. The lowest BCUT2D eigenvalue weighted by Gasteiger charge is -2.00. The monoisotopic (exact) mass is 356 g/mol. The van der Waals surface area contributed by atoms with Crippen molar-refractivity contribution in [3.63, 3.8) is 0 Å². The van der Waals surface area contributed by atoms with Crippen LogP contribution in [0.3, 0.4) is 0 Å². The Bertz CT molecular complexity index is 1160. The molecule has 0 saturated heterocycles. The van der Waals surface area contributed by atoms with Crippen LogP contribution in [0.15, 0.2) is 83.2 Å². The Hall–Kier alpha value is -3.80. The molecule has 0 bridgehead atoms. The Morgan fingerprint density at radius 1 is 1.00 bits per heavy atom. The molecule has 0 aliphatic rings. The van der Waals surface area contributed by atoms with Gasteiger partial charge in [-0.2, -0.15) is 0 Å². The summed E-state index contributed by atoms with van der Waals surface area (Å²) in [7, 11) is 0. The van der Waals surface area contributed by atoms with Crippen LogP contribution in [0.1, 0.15) is 15.9 Å². The fourth-order valence-electron chi connectivity index (χ4n) is 2.88. The maximum atomic E-state index is 11.2. The second-order valence-electron chi connectivity index (χ2n) is 6.09. The van der Waals surface area contributed by atoms with Crippen LogP contribution in [0.5, 0.6) is 0 Å². The predicted octanol–water partition coefficient (Wildman–Crippen LogP) is 5.42. The van der Waals surface area contributed by atoms with Crippen LogP contribution in [-0.4, -0.2) is 20.5 Å². The quantitative estimate of drug-likeness (QED) is 0.496. The van der Waals surface area contributed by atoms with Crippen molar-refractivity contribution in [1.82, 2.24) is 9.38 Å². The maximum Gasteiger partial charge on any atom is 0.335 e. The zero-order valence-electron chi connectivity index (χ0n) is 14.6. The van der Waals surface area contributed by atoms with Crippen LogP contribution in [0.4, 0.5) is 11.5 Å². The zero-order valence-corrected chi connectivity index (χ0v) is 14.6. The van der Waals surface area contributed by atoms with Gasteiger partial charge in [0.05, 0.1) is 11.3 Å². The number of carboxylic acid groups (broad SMARTS) is 1. The van der Waals surface area contributed by atoms with Crippen LogP contribution in [0, 0.1) is 6.92 Å². The molecule has 0 unspecified atom stereocenters. The number of azo groups is 1. The molecular formula is C21H16N4O2. The normalized spacial score (nSPS) is 11.3. The highest BCUT2D eigenvalue weighted by atomic mass is 16.4. The molecule has 2 aromatic heterocycles. The molecule has 0 aliphatic heterocycles. The molecule has 1 N–H and O–H groups in total. The zero-order chi connectivity index (χ0) is 18.8. The van der Waals surface area contributed by atoms with Gasteiger partial charge >= 0.3 is 5.97 Å². The molecule has 2 aromatic carbocycles. The summed E-state index contributed by atoms with van der Waals surface area (Å²) in [6.07, 6.45) is 1.89. The lowest BCUT2D eigenvalue weighted by Crippen LogP contribution is -1.94. The number of rotatable bonds is 4. The van der Waals surface area contributed by atoms with Crippen molar-refractivity contribution < 1.29 is 9.90 Å². The van der Waals surface area contributed by atoms with Gasteiger partial charge in [-0.05, 0) is 36.8 Å². The molecule has 27 heavy (non-hydrogen) atoms. The largest absolute Gasteiger partial charge is 0.478 e. The highest BCUT2D eigenvalue weighted by Crippen LogP contribution is 2.33. The molecule has 0 saturated carbocycles.